The summed E-state index contributed by atoms with van der Waals surface area (Å²) in [6.45, 7) is 12.3. The molecule has 1 aliphatic heterocycles. The zero-order valence-electron chi connectivity index (χ0n) is 22.7. The number of H-pyrrole nitrogens is 1. The zero-order chi connectivity index (χ0) is 26.8. The summed E-state index contributed by atoms with van der Waals surface area (Å²) in [5, 5.41) is 3.06. The molecule has 2 N–H and O–H groups in total. The van der Waals surface area contributed by atoms with E-state index in [-0.39, 0.29) is 30.0 Å². The van der Waals surface area contributed by atoms with Crippen molar-refractivity contribution in [2.45, 2.75) is 78.0 Å². The Morgan fingerprint density at radius 3 is 2.16 bits per heavy atom. The number of ether oxygens (including phenoxy) is 1. The number of rotatable bonds is 5. The fraction of sp³-hybridized carbons (Fsp3) is 0.433. The highest BCUT2D eigenvalue weighted by Gasteiger charge is 2.33. The van der Waals surface area contributed by atoms with Gasteiger partial charge in [-0.25, -0.2) is 9.78 Å². The van der Waals surface area contributed by atoms with Crippen LogP contribution in [0.2, 0.25) is 0 Å². The van der Waals surface area contributed by atoms with Gasteiger partial charge in [-0.2, -0.15) is 0 Å². The van der Waals surface area contributed by atoms with Crippen molar-refractivity contribution in [3.63, 3.8) is 0 Å². The van der Waals surface area contributed by atoms with E-state index in [0.29, 0.717) is 0 Å². The highest BCUT2D eigenvalue weighted by atomic mass is 16.6. The van der Waals surface area contributed by atoms with E-state index in [1.54, 1.807) is 0 Å². The summed E-state index contributed by atoms with van der Waals surface area (Å²) in [5.74, 6) is 0.597. The molecule has 37 heavy (non-hydrogen) atoms. The molecule has 1 aromatic heterocycles. The number of nitrogens with zero attached hydrogens (tertiary/aromatic N) is 2. The minimum atomic E-state index is -0.481. The second kappa shape index (κ2) is 10.4. The molecule has 2 amide bonds. The Morgan fingerprint density at radius 1 is 0.973 bits per heavy atom. The molecule has 0 radical (unpaired) electrons. The van der Waals surface area contributed by atoms with Gasteiger partial charge in [0.15, 0.2) is 0 Å². The van der Waals surface area contributed by atoms with Gasteiger partial charge in [0.2, 0.25) is 0 Å². The van der Waals surface area contributed by atoms with Gasteiger partial charge in [-0.15, -0.1) is 0 Å². The van der Waals surface area contributed by atoms with E-state index in [9.17, 15) is 9.59 Å². The van der Waals surface area contributed by atoms with Crippen LogP contribution in [0.25, 0.3) is 22.4 Å². The molecule has 7 nitrogen and oxygen atoms in total. The average Bonchev–Trinajstić information content (AvgIpc) is 3.47. The molecule has 0 aliphatic carbocycles. The summed E-state index contributed by atoms with van der Waals surface area (Å²) in [4.78, 5) is 34.8. The summed E-state index contributed by atoms with van der Waals surface area (Å²) in [6, 6.07) is 16.2. The first-order valence-electron chi connectivity index (χ1n) is 12.9. The van der Waals surface area contributed by atoms with E-state index in [1.165, 1.54) is 0 Å². The molecule has 0 spiro atoms. The highest BCUT2D eigenvalue weighted by Crippen LogP contribution is 2.32. The van der Waals surface area contributed by atoms with Crippen LogP contribution >= 0.6 is 0 Å². The van der Waals surface area contributed by atoms with Crippen LogP contribution < -0.4 is 5.32 Å². The minimum Gasteiger partial charge on any atom is -0.460 e. The van der Waals surface area contributed by atoms with Crippen LogP contribution in [0.1, 0.15) is 71.8 Å². The maximum atomic E-state index is 12.8. The third-order valence-corrected chi connectivity index (χ3v) is 6.16. The minimum absolute atomic E-state index is 0.0467. The van der Waals surface area contributed by atoms with E-state index in [2.05, 4.69) is 39.6 Å². The summed E-state index contributed by atoms with van der Waals surface area (Å²) >= 11 is 0. The smallest absolute Gasteiger partial charge is 0.318 e. The number of aromatic nitrogens is 2. The molecule has 7 heteroatoms. The number of likely N-dealkylation sites (tertiary alicyclic amines) is 1. The van der Waals surface area contributed by atoms with Gasteiger partial charge in [0.25, 0.3) is 0 Å². The number of urea groups is 1. The molecule has 1 saturated heterocycles. The topological polar surface area (TPSA) is 87.3 Å². The zero-order valence-corrected chi connectivity index (χ0v) is 22.7. The Balaban J connectivity index is 1.42. The number of carbonyl (C=O) groups is 2. The molecule has 196 valence electrons. The lowest BCUT2D eigenvalue weighted by molar-refractivity contribution is -0.153. The van der Waals surface area contributed by atoms with Crippen LogP contribution in [0.5, 0.6) is 0 Å². The van der Waals surface area contributed by atoms with Crippen LogP contribution in [-0.4, -0.2) is 44.6 Å². The summed E-state index contributed by atoms with van der Waals surface area (Å²) in [5.41, 5.74) is 4.30. The second-order valence-corrected chi connectivity index (χ2v) is 11.8. The number of imidazole rings is 1. The lowest BCUT2D eigenvalue weighted by Gasteiger charge is -2.28. The Morgan fingerprint density at radius 2 is 1.57 bits per heavy atom. The highest BCUT2D eigenvalue weighted by molar-refractivity contribution is 5.76. The molecule has 1 atom stereocenters. The molecule has 3 aromatic rings. The summed E-state index contributed by atoms with van der Waals surface area (Å²) < 4.78 is 5.41. The Bertz CT molecular complexity index is 1230. The van der Waals surface area contributed by atoms with Gasteiger partial charge in [0.05, 0.1) is 24.4 Å². The summed E-state index contributed by atoms with van der Waals surface area (Å²) in [6.07, 6.45) is 3.96. The number of benzene rings is 2. The van der Waals surface area contributed by atoms with E-state index in [1.807, 2.05) is 76.9 Å². The van der Waals surface area contributed by atoms with Crippen molar-refractivity contribution in [2.24, 2.45) is 0 Å². The van der Waals surface area contributed by atoms with Crippen molar-refractivity contribution in [1.29, 1.82) is 0 Å². The van der Waals surface area contributed by atoms with Gasteiger partial charge in [0, 0.05) is 12.1 Å². The van der Waals surface area contributed by atoms with Gasteiger partial charge < -0.3 is 19.9 Å². The third-order valence-electron chi connectivity index (χ3n) is 6.16. The molecular weight excluding hydrogens is 464 g/mol. The molecule has 2 aromatic carbocycles. The monoisotopic (exact) mass is 502 g/mol. The molecule has 1 unspecified atom stereocenters. The standard InChI is InChI=1S/C30H38N4O3/c1-29(2,3)33-28(36)34-17-7-8-25(34)27-31-19-24(32-27)23-15-13-22(14-16-23)21-11-9-20(10-12-21)18-26(35)37-30(4,5)6/h9-16,19,25H,7-8,17-18H2,1-6H3,(H,31,32)(H,33,36). The Kier molecular flexibility index (Phi) is 7.44. The van der Waals surface area contributed by atoms with E-state index >= 15 is 0 Å². The Hall–Kier alpha value is -3.61. The van der Waals surface area contributed by atoms with Crippen molar-refractivity contribution < 1.29 is 14.3 Å². The van der Waals surface area contributed by atoms with Crippen LogP contribution in [0.15, 0.2) is 54.7 Å². The van der Waals surface area contributed by atoms with Gasteiger partial charge >= 0.3 is 12.0 Å². The molecule has 4 rings (SSSR count). The predicted molar refractivity (Wildman–Crippen MR) is 146 cm³/mol. The predicted octanol–water partition coefficient (Wildman–Crippen LogP) is 6.27. The van der Waals surface area contributed by atoms with Crippen molar-refractivity contribution >= 4 is 12.0 Å². The van der Waals surface area contributed by atoms with Gasteiger partial charge in [-0.3, -0.25) is 4.79 Å². The normalized spacial score (nSPS) is 16.1. The number of hydrogen-bond donors (Lipinski definition) is 2. The van der Waals surface area contributed by atoms with Crippen LogP contribution in [0, 0.1) is 0 Å². The van der Waals surface area contributed by atoms with Crippen molar-refractivity contribution in [2.75, 3.05) is 6.54 Å². The molecular formula is C30H38N4O3. The quantitative estimate of drug-likeness (QED) is 0.402. The fourth-order valence-corrected chi connectivity index (χ4v) is 4.54. The molecule has 1 fully saturated rings. The van der Waals surface area contributed by atoms with Crippen LogP contribution in [0.3, 0.4) is 0 Å². The first kappa shape index (κ1) is 26.5. The van der Waals surface area contributed by atoms with E-state index in [0.717, 1.165) is 53.2 Å². The maximum Gasteiger partial charge on any atom is 0.318 e. The molecule has 1 aliphatic rings. The van der Waals surface area contributed by atoms with Crippen molar-refractivity contribution in [1.82, 2.24) is 20.2 Å². The summed E-state index contributed by atoms with van der Waals surface area (Å²) in [7, 11) is 0. The first-order chi connectivity index (χ1) is 17.4. The van der Waals surface area contributed by atoms with Crippen molar-refractivity contribution in [3.8, 4) is 22.4 Å². The Labute approximate surface area is 219 Å². The number of aromatic amines is 1. The van der Waals surface area contributed by atoms with E-state index in [4.69, 9.17) is 4.74 Å². The average molecular weight is 503 g/mol. The number of esters is 1. The second-order valence-electron chi connectivity index (χ2n) is 11.8. The largest absolute Gasteiger partial charge is 0.460 e. The molecule has 0 saturated carbocycles. The first-order valence-corrected chi connectivity index (χ1v) is 12.9. The van der Waals surface area contributed by atoms with Crippen LogP contribution in [0.4, 0.5) is 4.79 Å². The number of hydrogen-bond acceptors (Lipinski definition) is 4. The third kappa shape index (κ3) is 7.00. The fourth-order valence-electron chi connectivity index (χ4n) is 4.54. The number of amides is 2. The van der Waals surface area contributed by atoms with Gasteiger partial charge in [0.1, 0.15) is 11.4 Å². The SMILES string of the molecule is CC(C)(C)NC(=O)N1CCCC1c1ncc(-c2ccc(-c3ccc(CC(=O)OC(C)(C)C)cc3)cc2)[nH]1. The number of nitrogens with one attached hydrogen (secondary N) is 2. The van der Waals surface area contributed by atoms with E-state index < -0.39 is 5.60 Å². The lowest BCUT2D eigenvalue weighted by atomic mass is 10.0. The van der Waals surface area contributed by atoms with Gasteiger partial charge in [-0.1, -0.05) is 48.5 Å². The molecule has 0 bridgehead atoms. The molecule has 2 heterocycles. The maximum absolute atomic E-state index is 12.8. The lowest BCUT2D eigenvalue weighted by Crippen LogP contribution is -2.48. The van der Waals surface area contributed by atoms with Gasteiger partial charge in [-0.05, 0) is 76.6 Å². The number of carbonyl (C=O) groups excluding carboxylic acids is 2. The van der Waals surface area contributed by atoms with Crippen molar-refractivity contribution in [3.05, 3.63) is 66.1 Å². The van der Waals surface area contributed by atoms with Crippen LogP contribution in [-0.2, 0) is 16.0 Å².